The Morgan fingerprint density at radius 2 is 1.97 bits per heavy atom. The number of halogens is 2. The molecule has 2 aliphatic rings. The minimum absolute atomic E-state index is 0.0270. The van der Waals surface area contributed by atoms with Crippen LogP contribution in [0.5, 0.6) is 5.75 Å². The van der Waals surface area contributed by atoms with Crippen molar-refractivity contribution >= 4 is 23.6 Å². The zero-order chi connectivity index (χ0) is 24.6. The maximum Gasteiger partial charge on any atom is 0.387 e. The fraction of sp³-hybridized carbons (Fsp3) is 0.455. The summed E-state index contributed by atoms with van der Waals surface area (Å²) in [6.07, 6.45) is 6.70. The third kappa shape index (κ3) is 4.98. The molecule has 3 aromatic heterocycles. The number of amides is 1. The summed E-state index contributed by atoms with van der Waals surface area (Å²) < 4.78 is 31.3. The van der Waals surface area contributed by atoms with Gasteiger partial charge in [-0.05, 0) is 18.9 Å². The molecule has 184 valence electrons. The smallest absolute Gasteiger partial charge is 0.387 e. The monoisotopic (exact) mass is 485 g/mol. The molecule has 0 atom stereocenters. The molecule has 0 saturated carbocycles. The number of piperidine rings is 1. The Balaban J connectivity index is 1.38. The molecule has 0 unspecified atom stereocenters. The van der Waals surface area contributed by atoms with Crippen molar-refractivity contribution in [1.29, 1.82) is 0 Å². The molecule has 2 fully saturated rings. The summed E-state index contributed by atoms with van der Waals surface area (Å²) in [4.78, 5) is 33.5. The number of rotatable bonds is 6. The SMILES string of the molecule is CC(=O)N1CCC2(CC1)CN(c1nc(Nc3cc(OC(F)F)ccn3)nc(-c3cnn(C)c3)n1)C2. The summed E-state index contributed by atoms with van der Waals surface area (Å²) in [7, 11) is 1.80. The van der Waals surface area contributed by atoms with E-state index in [0.29, 0.717) is 17.3 Å². The number of anilines is 3. The summed E-state index contributed by atoms with van der Waals surface area (Å²) in [6.45, 7) is 1.75. The zero-order valence-corrected chi connectivity index (χ0v) is 19.4. The average Bonchev–Trinajstić information content (AvgIpc) is 3.23. The predicted octanol–water partition coefficient (Wildman–Crippen LogP) is 2.46. The first-order chi connectivity index (χ1) is 16.8. The van der Waals surface area contributed by atoms with Crippen LogP contribution in [0.1, 0.15) is 19.8 Å². The van der Waals surface area contributed by atoms with Crippen LogP contribution in [0.3, 0.4) is 0 Å². The Morgan fingerprint density at radius 1 is 1.20 bits per heavy atom. The van der Waals surface area contributed by atoms with Gasteiger partial charge < -0.3 is 19.9 Å². The van der Waals surface area contributed by atoms with E-state index in [9.17, 15) is 13.6 Å². The van der Waals surface area contributed by atoms with Crippen molar-refractivity contribution in [2.45, 2.75) is 26.4 Å². The molecule has 3 aromatic rings. The second kappa shape index (κ2) is 9.04. The topological polar surface area (TPSA) is 114 Å². The molecule has 0 aliphatic carbocycles. The van der Waals surface area contributed by atoms with E-state index in [-0.39, 0.29) is 28.8 Å². The Morgan fingerprint density at radius 3 is 2.63 bits per heavy atom. The van der Waals surface area contributed by atoms with E-state index in [1.54, 1.807) is 31.0 Å². The summed E-state index contributed by atoms with van der Waals surface area (Å²) in [6, 6.07) is 2.69. The summed E-state index contributed by atoms with van der Waals surface area (Å²) >= 11 is 0. The number of likely N-dealkylation sites (tertiary alicyclic amines) is 1. The van der Waals surface area contributed by atoms with Gasteiger partial charge in [-0.15, -0.1) is 0 Å². The molecule has 1 spiro atoms. The molecule has 5 rings (SSSR count). The second-order valence-corrected chi connectivity index (χ2v) is 8.93. The van der Waals surface area contributed by atoms with Gasteiger partial charge in [0.2, 0.25) is 17.8 Å². The highest BCUT2D eigenvalue weighted by atomic mass is 19.3. The molecule has 1 N–H and O–H groups in total. The highest BCUT2D eigenvalue weighted by Gasteiger charge is 2.46. The van der Waals surface area contributed by atoms with Crippen LogP contribution in [-0.4, -0.2) is 73.3 Å². The lowest BCUT2D eigenvalue weighted by Gasteiger charge is -2.53. The third-order valence-electron chi connectivity index (χ3n) is 6.39. The number of pyridine rings is 1. The molecule has 13 heteroatoms. The lowest BCUT2D eigenvalue weighted by atomic mass is 9.72. The van der Waals surface area contributed by atoms with Crippen LogP contribution >= 0.6 is 0 Å². The van der Waals surface area contributed by atoms with Gasteiger partial charge >= 0.3 is 6.61 Å². The minimum Gasteiger partial charge on any atom is -0.435 e. The van der Waals surface area contributed by atoms with Gasteiger partial charge in [-0.3, -0.25) is 9.48 Å². The van der Waals surface area contributed by atoms with Gasteiger partial charge in [0.15, 0.2) is 5.82 Å². The quantitative estimate of drug-likeness (QED) is 0.562. The number of nitrogens with one attached hydrogen (secondary N) is 1. The summed E-state index contributed by atoms with van der Waals surface area (Å²) in [5.41, 5.74) is 0.857. The van der Waals surface area contributed by atoms with Crippen molar-refractivity contribution in [2.75, 3.05) is 36.4 Å². The van der Waals surface area contributed by atoms with Crippen LogP contribution in [-0.2, 0) is 11.8 Å². The highest BCUT2D eigenvalue weighted by Crippen LogP contribution is 2.42. The maximum absolute atomic E-state index is 12.6. The fourth-order valence-corrected chi connectivity index (χ4v) is 4.52. The van der Waals surface area contributed by atoms with Gasteiger partial charge in [0.05, 0.1) is 11.8 Å². The van der Waals surface area contributed by atoms with Crippen molar-refractivity contribution < 1.29 is 18.3 Å². The number of carbonyl (C=O) groups is 1. The molecule has 2 saturated heterocycles. The van der Waals surface area contributed by atoms with E-state index in [0.717, 1.165) is 39.0 Å². The van der Waals surface area contributed by atoms with Crippen LogP contribution in [0.25, 0.3) is 11.4 Å². The average molecular weight is 485 g/mol. The number of carbonyl (C=O) groups excluding carboxylic acids is 1. The third-order valence-corrected chi connectivity index (χ3v) is 6.39. The van der Waals surface area contributed by atoms with Crippen molar-refractivity contribution in [3.63, 3.8) is 0 Å². The predicted molar refractivity (Wildman–Crippen MR) is 122 cm³/mol. The first-order valence-electron chi connectivity index (χ1n) is 11.2. The maximum atomic E-state index is 12.6. The Bertz CT molecular complexity index is 1220. The Labute approximate surface area is 200 Å². The lowest BCUT2D eigenvalue weighted by Crippen LogP contribution is -2.61. The van der Waals surface area contributed by atoms with Crippen LogP contribution < -0.4 is 15.0 Å². The highest BCUT2D eigenvalue weighted by molar-refractivity contribution is 5.73. The van der Waals surface area contributed by atoms with Gasteiger partial charge in [-0.25, -0.2) is 4.98 Å². The van der Waals surface area contributed by atoms with Crippen LogP contribution in [0.2, 0.25) is 0 Å². The van der Waals surface area contributed by atoms with E-state index in [4.69, 9.17) is 0 Å². The molecule has 0 bridgehead atoms. The van der Waals surface area contributed by atoms with E-state index >= 15 is 0 Å². The van der Waals surface area contributed by atoms with E-state index < -0.39 is 6.61 Å². The van der Waals surface area contributed by atoms with Crippen LogP contribution in [0.15, 0.2) is 30.7 Å². The van der Waals surface area contributed by atoms with Gasteiger partial charge in [-0.1, -0.05) is 0 Å². The molecular formula is C22H25F2N9O2. The van der Waals surface area contributed by atoms with Crippen LogP contribution in [0.4, 0.5) is 26.5 Å². The lowest BCUT2D eigenvalue weighted by molar-refractivity contribution is -0.131. The number of hydrogen-bond donors (Lipinski definition) is 1. The van der Waals surface area contributed by atoms with Crippen molar-refractivity contribution in [3.8, 4) is 17.1 Å². The summed E-state index contributed by atoms with van der Waals surface area (Å²) in [5.74, 6) is 1.50. The van der Waals surface area contributed by atoms with E-state index in [1.165, 1.54) is 18.3 Å². The molecule has 35 heavy (non-hydrogen) atoms. The van der Waals surface area contributed by atoms with Gasteiger partial charge in [0.25, 0.3) is 0 Å². The molecule has 2 aliphatic heterocycles. The number of alkyl halides is 2. The molecule has 0 aromatic carbocycles. The number of aromatic nitrogens is 6. The van der Waals surface area contributed by atoms with Gasteiger partial charge in [0, 0.05) is 64.0 Å². The number of ether oxygens (including phenoxy) is 1. The number of nitrogens with zero attached hydrogens (tertiary/aromatic N) is 8. The minimum atomic E-state index is -2.94. The van der Waals surface area contributed by atoms with Gasteiger partial charge in [0.1, 0.15) is 11.6 Å². The first kappa shape index (κ1) is 22.9. The van der Waals surface area contributed by atoms with Crippen molar-refractivity contribution in [2.24, 2.45) is 12.5 Å². The normalized spacial score (nSPS) is 16.9. The number of aryl methyl sites for hydroxylation is 1. The Kier molecular flexibility index (Phi) is 5.91. The zero-order valence-electron chi connectivity index (χ0n) is 19.4. The number of hydrogen-bond acceptors (Lipinski definition) is 9. The fourth-order valence-electron chi connectivity index (χ4n) is 4.52. The van der Waals surface area contributed by atoms with Crippen molar-refractivity contribution in [3.05, 3.63) is 30.7 Å². The Hall–Kier alpha value is -3.90. The van der Waals surface area contributed by atoms with Crippen LogP contribution in [0, 0.1) is 5.41 Å². The van der Waals surface area contributed by atoms with Gasteiger partial charge in [-0.2, -0.15) is 28.8 Å². The molecule has 5 heterocycles. The molecular weight excluding hydrogens is 460 g/mol. The second-order valence-electron chi connectivity index (χ2n) is 8.93. The van der Waals surface area contributed by atoms with E-state index in [2.05, 4.69) is 40.0 Å². The molecule has 1 amide bonds. The van der Waals surface area contributed by atoms with E-state index in [1.807, 2.05) is 4.90 Å². The molecule has 11 nitrogen and oxygen atoms in total. The molecule has 0 radical (unpaired) electrons. The largest absolute Gasteiger partial charge is 0.435 e. The van der Waals surface area contributed by atoms with Crippen molar-refractivity contribution in [1.82, 2.24) is 34.6 Å². The standard InChI is InChI=1S/C22H25F2N9O2/c1-14(34)32-7-4-22(5-8-32)12-33(13-22)21-29-18(15-10-26-31(2)11-15)28-20(30-21)27-17-9-16(3-6-25-17)35-19(23)24/h3,6,9-11,19H,4-5,7-8,12-13H2,1-2H3,(H,25,27,28,29,30). The first-order valence-corrected chi connectivity index (χ1v) is 11.2. The summed E-state index contributed by atoms with van der Waals surface area (Å²) in [5, 5.41) is 7.17.